The lowest BCUT2D eigenvalue weighted by Gasteiger charge is -2.19. The summed E-state index contributed by atoms with van der Waals surface area (Å²) in [6.45, 7) is 0. The molecule has 0 aliphatic rings. The highest BCUT2D eigenvalue weighted by Gasteiger charge is 2.22. The van der Waals surface area contributed by atoms with Crippen LogP contribution in [-0.2, 0) is 0 Å². The van der Waals surface area contributed by atoms with E-state index in [2.05, 4.69) is 0 Å². The molecular formula is C44H28O. The van der Waals surface area contributed by atoms with Crippen LogP contribution in [0, 0.1) is 0 Å². The molecule has 0 atom stereocenters. The van der Waals surface area contributed by atoms with Gasteiger partial charge in [-0.2, -0.15) is 0 Å². The van der Waals surface area contributed by atoms with Crippen molar-refractivity contribution in [3.63, 3.8) is 0 Å². The number of para-hydroxylation sites is 1. The normalized spacial score (nSPS) is 14.4. The quantitative estimate of drug-likeness (QED) is 0.188. The predicted octanol–water partition coefficient (Wildman–Crippen LogP) is 12.6. The first-order valence-corrected chi connectivity index (χ1v) is 14.7. The van der Waals surface area contributed by atoms with Gasteiger partial charge in [-0.15, -0.1) is 0 Å². The Morgan fingerprint density at radius 3 is 1.60 bits per heavy atom. The monoisotopic (exact) mass is 581 g/mol. The van der Waals surface area contributed by atoms with Crippen LogP contribution in [0.3, 0.4) is 0 Å². The Morgan fingerprint density at radius 1 is 0.378 bits per heavy atom. The van der Waals surface area contributed by atoms with Crippen LogP contribution in [0.15, 0.2) is 174 Å². The number of fused-ring (bicyclic) bond motifs is 5. The van der Waals surface area contributed by atoms with E-state index in [1.807, 2.05) is 91.0 Å². The molecule has 0 saturated heterocycles. The first kappa shape index (κ1) is 18.0. The average Bonchev–Trinajstić information content (AvgIpc) is 3.60. The molecule has 0 saturated carbocycles. The third kappa shape index (κ3) is 4.09. The minimum atomic E-state index is -0.456. The fraction of sp³-hybridized carbons (Fsp3) is 0. The Bertz CT molecular complexity index is 2930. The third-order valence-corrected chi connectivity index (χ3v) is 8.48. The summed E-state index contributed by atoms with van der Waals surface area (Å²) in [5, 5.41) is 1.98. The molecule has 0 aliphatic carbocycles. The minimum absolute atomic E-state index is 0.141. The smallest absolute Gasteiger partial charge is 0.143 e. The van der Waals surface area contributed by atoms with Crippen molar-refractivity contribution in [2.24, 2.45) is 0 Å². The molecule has 0 aliphatic heterocycles. The predicted molar refractivity (Wildman–Crippen MR) is 190 cm³/mol. The highest BCUT2D eigenvalue weighted by atomic mass is 16.3. The van der Waals surface area contributed by atoms with Gasteiger partial charge in [-0.3, -0.25) is 0 Å². The number of benzene rings is 8. The zero-order valence-electron chi connectivity index (χ0n) is 32.9. The first-order chi connectivity index (χ1) is 26.1. The van der Waals surface area contributed by atoms with Gasteiger partial charge in [0.1, 0.15) is 11.2 Å². The number of furan rings is 1. The van der Waals surface area contributed by atoms with Crippen LogP contribution in [0.4, 0.5) is 0 Å². The van der Waals surface area contributed by atoms with E-state index >= 15 is 0 Å². The van der Waals surface area contributed by atoms with Crippen LogP contribution in [0.2, 0.25) is 0 Å². The van der Waals surface area contributed by atoms with Gasteiger partial charge in [-0.25, -0.2) is 0 Å². The van der Waals surface area contributed by atoms with E-state index in [1.54, 1.807) is 24.3 Å². The first-order valence-electron chi connectivity index (χ1n) is 19.2. The highest BCUT2D eigenvalue weighted by molar-refractivity contribution is 6.26. The Balaban J connectivity index is 1.50. The molecule has 0 N–H and O–H groups in total. The van der Waals surface area contributed by atoms with Crippen LogP contribution in [-0.4, -0.2) is 0 Å². The Labute approximate surface area is 274 Å². The zero-order chi connectivity index (χ0) is 37.6. The van der Waals surface area contributed by atoms with Gasteiger partial charge in [0.15, 0.2) is 0 Å². The maximum absolute atomic E-state index is 9.42. The largest absolute Gasteiger partial charge is 0.455 e. The van der Waals surface area contributed by atoms with Gasteiger partial charge >= 0.3 is 0 Å². The van der Waals surface area contributed by atoms with Gasteiger partial charge in [0.25, 0.3) is 0 Å². The van der Waals surface area contributed by atoms with Crippen molar-refractivity contribution in [1.82, 2.24) is 0 Å². The van der Waals surface area contributed by atoms with Gasteiger partial charge in [-0.1, -0.05) is 158 Å². The lowest BCUT2D eigenvalue weighted by atomic mass is 9.84. The van der Waals surface area contributed by atoms with E-state index in [9.17, 15) is 5.48 Å². The molecule has 1 heteroatoms. The highest BCUT2D eigenvalue weighted by Crippen LogP contribution is 2.48. The molecule has 9 rings (SSSR count). The summed E-state index contributed by atoms with van der Waals surface area (Å²) in [4.78, 5) is 0. The van der Waals surface area contributed by atoms with Gasteiger partial charge < -0.3 is 4.42 Å². The van der Waals surface area contributed by atoms with Gasteiger partial charge in [0, 0.05) is 16.3 Å². The molecule has 0 spiro atoms. The van der Waals surface area contributed by atoms with E-state index < -0.39 is 24.2 Å². The number of hydrogen-bond donors (Lipinski definition) is 0. The summed E-state index contributed by atoms with van der Waals surface area (Å²) in [7, 11) is 0. The Morgan fingerprint density at radius 2 is 0.911 bits per heavy atom. The van der Waals surface area contributed by atoms with Crippen molar-refractivity contribution in [3.05, 3.63) is 170 Å². The molecule has 0 bridgehead atoms. The van der Waals surface area contributed by atoms with E-state index in [1.165, 1.54) is 0 Å². The standard InChI is InChI=1S/C44H28O/c1-3-13-29(14-4-1)30-23-25-32(26-24-30)41-34-17-7-9-19-36(34)42(37-20-10-8-18-35(37)41)39-28-27-33(31-15-5-2-6-16-31)44-43(39)38-21-11-12-22-40(38)45-44/h1-28H/i1D,7D,8D,9D,10D,17D,18D,19D,20D. The molecule has 8 aromatic carbocycles. The maximum Gasteiger partial charge on any atom is 0.143 e. The van der Waals surface area contributed by atoms with E-state index in [-0.39, 0.29) is 56.8 Å². The fourth-order valence-electron chi connectivity index (χ4n) is 6.47. The van der Waals surface area contributed by atoms with E-state index in [0.717, 1.165) is 27.6 Å². The molecule has 9 aromatic rings. The van der Waals surface area contributed by atoms with E-state index in [0.29, 0.717) is 33.7 Å². The van der Waals surface area contributed by atoms with Crippen LogP contribution >= 0.6 is 0 Å². The molecule has 1 nitrogen and oxygen atoms in total. The number of rotatable bonds is 4. The van der Waals surface area contributed by atoms with Crippen molar-refractivity contribution in [3.8, 4) is 44.5 Å². The van der Waals surface area contributed by atoms with E-state index in [4.69, 9.17) is 11.3 Å². The van der Waals surface area contributed by atoms with Crippen molar-refractivity contribution < 1.29 is 16.8 Å². The molecular weight excluding hydrogens is 544 g/mol. The summed E-state index contributed by atoms with van der Waals surface area (Å²) in [6, 6.07) is 32.7. The lowest BCUT2D eigenvalue weighted by Crippen LogP contribution is -1.92. The zero-order valence-corrected chi connectivity index (χ0v) is 23.9. The summed E-state index contributed by atoms with van der Waals surface area (Å²) in [6.07, 6.45) is 0. The van der Waals surface area contributed by atoms with Crippen molar-refractivity contribution >= 4 is 43.5 Å². The van der Waals surface area contributed by atoms with Gasteiger partial charge in [-0.05, 0) is 72.6 Å². The molecule has 1 aromatic heterocycles. The van der Waals surface area contributed by atoms with Gasteiger partial charge in [0.05, 0.1) is 12.3 Å². The summed E-state index contributed by atoms with van der Waals surface area (Å²) in [5.74, 6) is 0. The molecule has 1 heterocycles. The summed E-state index contributed by atoms with van der Waals surface area (Å²) < 4.78 is 87.3. The Hall–Kier alpha value is -5.92. The molecule has 0 fully saturated rings. The fourth-order valence-corrected chi connectivity index (χ4v) is 6.47. The summed E-state index contributed by atoms with van der Waals surface area (Å²) >= 11 is 0. The lowest BCUT2D eigenvalue weighted by molar-refractivity contribution is 0.670. The second-order valence-corrected chi connectivity index (χ2v) is 10.9. The molecule has 0 radical (unpaired) electrons. The SMILES string of the molecule is [2H]c1ccc(-c2ccc(-c3c4c([2H])c([2H])c([2H])c([2H])c4c(-c4ccc(-c5ccccc5)c5oc6ccccc6c45)c4c([2H])c([2H])c([2H])c([2H])c34)cc2)cc1. The summed E-state index contributed by atoms with van der Waals surface area (Å²) in [5.41, 5.74) is 6.16. The van der Waals surface area contributed by atoms with Crippen LogP contribution in [0.5, 0.6) is 0 Å². The number of hydrogen-bond acceptors (Lipinski definition) is 1. The topological polar surface area (TPSA) is 13.1 Å². The third-order valence-electron chi connectivity index (χ3n) is 8.48. The van der Waals surface area contributed by atoms with Crippen molar-refractivity contribution in [2.45, 2.75) is 0 Å². The molecule has 0 unspecified atom stereocenters. The molecule has 210 valence electrons. The van der Waals surface area contributed by atoms with Crippen molar-refractivity contribution in [1.29, 1.82) is 0 Å². The van der Waals surface area contributed by atoms with Gasteiger partial charge in [0.2, 0.25) is 0 Å². The molecule has 45 heavy (non-hydrogen) atoms. The maximum atomic E-state index is 9.42. The Kier molecular flexibility index (Phi) is 4.15. The second kappa shape index (κ2) is 10.4. The second-order valence-electron chi connectivity index (χ2n) is 10.9. The van der Waals surface area contributed by atoms with Crippen molar-refractivity contribution in [2.75, 3.05) is 0 Å². The van der Waals surface area contributed by atoms with Crippen LogP contribution < -0.4 is 0 Å². The van der Waals surface area contributed by atoms with Crippen LogP contribution in [0.25, 0.3) is 88.0 Å². The average molecular weight is 582 g/mol. The van der Waals surface area contributed by atoms with Crippen LogP contribution in [0.1, 0.15) is 12.3 Å². The minimum Gasteiger partial charge on any atom is -0.455 e. The molecule has 0 amide bonds.